The zero-order valence-corrected chi connectivity index (χ0v) is 9.76. The van der Waals surface area contributed by atoms with Crippen LogP contribution in [0.4, 0.5) is 5.69 Å². The van der Waals surface area contributed by atoms with E-state index in [2.05, 4.69) is 10.3 Å². The highest BCUT2D eigenvalue weighted by molar-refractivity contribution is 5.94. The molecular formula is C12H14N2O4. The molecule has 2 N–H and O–H groups in total. The summed E-state index contributed by atoms with van der Waals surface area (Å²) in [4.78, 5) is 26.1. The molecule has 0 bridgehead atoms. The molecule has 0 radical (unpaired) electrons. The number of nitrogens with one attached hydrogen (secondary N) is 1. The third-order valence-corrected chi connectivity index (χ3v) is 2.72. The summed E-state index contributed by atoms with van der Waals surface area (Å²) in [5, 5.41) is 11.4. The average molecular weight is 250 g/mol. The summed E-state index contributed by atoms with van der Waals surface area (Å²) in [7, 11) is 0. The van der Waals surface area contributed by atoms with Crippen LogP contribution in [0.3, 0.4) is 0 Å². The van der Waals surface area contributed by atoms with Gasteiger partial charge >= 0.3 is 5.97 Å². The largest absolute Gasteiger partial charge is 0.477 e. The van der Waals surface area contributed by atoms with Crippen molar-refractivity contribution in [2.75, 3.05) is 11.9 Å². The lowest BCUT2D eigenvalue weighted by Gasteiger charge is -2.21. The summed E-state index contributed by atoms with van der Waals surface area (Å²) < 4.78 is 5.35. The van der Waals surface area contributed by atoms with Crippen LogP contribution in [0.2, 0.25) is 0 Å². The molecule has 18 heavy (non-hydrogen) atoms. The fraction of sp³-hybridized carbons (Fsp3) is 0.417. The number of hydrogen-bond donors (Lipinski definition) is 2. The second-order valence-electron chi connectivity index (χ2n) is 4.08. The zero-order valence-electron chi connectivity index (χ0n) is 9.76. The van der Waals surface area contributed by atoms with Crippen molar-refractivity contribution in [3.8, 4) is 0 Å². The topological polar surface area (TPSA) is 88.5 Å². The number of amides is 1. The number of pyridine rings is 1. The summed E-state index contributed by atoms with van der Waals surface area (Å²) in [6, 6.07) is 2.86. The molecule has 1 aromatic heterocycles. The van der Waals surface area contributed by atoms with Crippen LogP contribution in [-0.2, 0) is 9.53 Å². The number of carboxylic acids is 1. The number of carbonyl (C=O) groups is 2. The van der Waals surface area contributed by atoms with Gasteiger partial charge in [-0.25, -0.2) is 9.78 Å². The maximum atomic E-state index is 11.8. The number of carboxylic acid groups (broad SMARTS) is 1. The summed E-state index contributed by atoms with van der Waals surface area (Å²) in [5.41, 5.74) is 0.418. The Labute approximate surface area is 104 Å². The van der Waals surface area contributed by atoms with Crippen molar-refractivity contribution < 1.29 is 19.4 Å². The molecule has 1 saturated heterocycles. The van der Waals surface area contributed by atoms with Crippen molar-refractivity contribution in [3.05, 3.63) is 24.0 Å². The molecule has 0 aromatic carbocycles. The lowest BCUT2D eigenvalue weighted by Crippen LogP contribution is -2.33. The first-order valence-corrected chi connectivity index (χ1v) is 5.78. The molecule has 0 aliphatic carbocycles. The van der Waals surface area contributed by atoms with Gasteiger partial charge in [-0.1, -0.05) is 0 Å². The standard InChI is InChI=1S/C12H14N2O4/c15-11(10-3-1-2-6-18-10)14-8-4-5-9(12(16)17)13-7-8/h4-5,7,10H,1-3,6H2,(H,14,15)(H,16,17). The number of aromatic nitrogens is 1. The van der Waals surface area contributed by atoms with E-state index in [4.69, 9.17) is 9.84 Å². The first-order valence-electron chi connectivity index (χ1n) is 5.78. The molecule has 0 saturated carbocycles. The quantitative estimate of drug-likeness (QED) is 0.843. The molecule has 1 amide bonds. The number of rotatable bonds is 3. The fourth-order valence-electron chi connectivity index (χ4n) is 1.76. The lowest BCUT2D eigenvalue weighted by molar-refractivity contribution is -0.129. The van der Waals surface area contributed by atoms with E-state index < -0.39 is 12.1 Å². The fourth-order valence-corrected chi connectivity index (χ4v) is 1.76. The van der Waals surface area contributed by atoms with E-state index in [1.165, 1.54) is 18.3 Å². The number of hydrogen-bond acceptors (Lipinski definition) is 4. The Morgan fingerprint density at radius 1 is 1.39 bits per heavy atom. The van der Waals surface area contributed by atoms with Crippen LogP contribution in [0.15, 0.2) is 18.3 Å². The van der Waals surface area contributed by atoms with Crippen molar-refractivity contribution >= 4 is 17.6 Å². The normalized spacial score (nSPS) is 19.2. The second-order valence-corrected chi connectivity index (χ2v) is 4.08. The Morgan fingerprint density at radius 3 is 2.78 bits per heavy atom. The van der Waals surface area contributed by atoms with Crippen LogP contribution < -0.4 is 5.32 Å². The summed E-state index contributed by atoms with van der Waals surface area (Å²) >= 11 is 0. The summed E-state index contributed by atoms with van der Waals surface area (Å²) in [6.45, 7) is 0.605. The van der Waals surface area contributed by atoms with Gasteiger partial charge in [0.05, 0.1) is 11.9 Å². The van der Waals surface area contributed by atoms with Gasteiger partial charge < -0.3 is 15.2 Å². The Hall–Kier alpha value is -1.95. The van der Waals surface area contributed by atoms with Gasteiger partial charge in [-0.15, -0.1) is 0 Å². The van der Waals surface area contributed by atoms with Crippen molar-refractivity contribution in [3.63, 3.8) is 0 Å². The van der Waals surface area contributed by atoms with Gasteiger partial charge in [0.2, 0.25) is 0 Å². The van der Waals surface area contributed by atoms with Crippen molar-refractivity contribution in [1.82, 2.24) is 4.98 Å². The minimum absolute atomic E-state index is 0.0538. The van der Waals surface area contributed by atoms with Crippen LogP contribution in [0.5, 0.6) is 0 Å². The third-order valence-electron chi connectivity index (χ3n) is 2.72. The molecule has 96 valence electrons. The molecule has 6 nitrogen and oxygen atoms in total. The molecule has 1 aromatic rings. The number of nitrogens with zero attached hydrogens (tertiary/aromatic N) is 1. The molecule has 1 aliphatic heterocycles. The highest BCUT2D eigenvalue weighted by Crippen LogP contribution is 2.15. The van der Waals surface area contributed by atoms with Crippen molar-refractivity contribution in [2.24, 2.45) is 0 Å². The molecule has 1 atom stereocenters. The van der Waals surface area contributed by atoms with Crippen molar-refractivity contribution in [1.29, 1.82) is 0 Å². The van der Waals surface area contributed by atoms with Gasteiger partial charge in [-0.3, -0.25) is 4.79 Å². The van der Waals surface area contributed by atoms with Crippen LogP contribution in [-0.4, -0.2) is 34.7 Å². The first kappa shape index (κ1) is 12.5. The summed E-state index contributed by atoms with van der Waals surface area (Å²) in [5.74, 6) is -1.30. The number of anilines is 1. The molecule has 0 spiro atoms. The third kappa shape index (κ3) is 3.04. The molecule has 2 rings (SSSR count). The SMILES string of the molecule is O=C(O)c1ccc(NC(=O)C2CCCCO2)cn1. The van der Waals surface area contributed by atoms with Crippen LogP contribution in [0.1, 0.15) is 29.8 Å². The van der Waals surface area contributed by atoms with E-state index in [0.29, 0.717) is 18.7 Å². The predicted molar refractivity (Wildman–Crippen MR) is 63.4 cm³/mol. The van der Waals surface area contributed by atoms with Crippen LogP contribution >= 0.6 is 0 Å². The molecule has 1 fully saturated rings. The van der Waals surface area contributed by atoms with Crippen molar-refractivity contribution in [2.45, 2.75) is 25.4 Å². The van der Waals surface area contributed by atoms with E-state index in [9.17, 15) is 9.59 Å². The number of ether oxygens (including phenoxy) is 1. The lowest BCUT2D eigenvalue weighted by atomic mass is 10.1. The van der Waals surface area contributed by atoms with Gasteiger partial charge in [0.25, 0.3) is 5.91 Å². The van der Waals surface area contributed by atoms with E-state index in [-0.39, 0.29) is 11.6 Å². The predicted octanol–water partition coefficient (Wildman–Crippen LogP) is 1.29. The molecular weight excluding hydrogens is 236 g/mol. The van der Waals surface area contributed by atoms with Crippen LogP contribution in [0, 0.1) is 0 Å². The Bertz CT molecular complexity index is 438. The number of carbonyl (C=O) groups excluding carboxylic acids is 1. The van der Waals surface area contributed by atoms with E-state index in [1.54, 1.807) is 0 Å². The maximum Gasteiger partial charge on any atom is 0.354 e. The Kier molecular flexibility index (Phi) is 3.88. The minimum Gasteiger partial charge on any atom is -0.477 e. The number of aromatic carboxylic acids is 1. The van der Waals surface area contributed by atoms with E-state index >= 15 is 0 Å². The highest BCUT2D eigenvalue weighted by Gasteiger charge is 2.21. The van der Waals surface area contributed by atoms with Gasteiger partial charge in [0.1, 0.15) is 11.8 Å². The van der Waals surface area contributed by atoms with Gasteiger partial charge in [-0.05, 0) is 31.4 Å². The molecule has 2 heterocycles. The average Bonchev–Trinajstić information content (AvgIpc) is 2.40. The van der Waals surface area contributed by atoms with Crippen LogP contribution in [0.25, 0.3) is 0 Å². The maximum absolute atomic E-state index is 11.8. The zero-order chi connectivity index (χ0) is 13.0. The summed E-state index contributed by atoms with van der Waals surface area (Å²) in [6.07, 6.45) is 3.58. The van der Waals surface area contributed by atoms with Gasteiger partial charge in [0.15, 0.2) is 0 Å². The molecule has 1 aliphatic rings. The van der Waals surface area contributed by atoms with Gasteiger partial charge in [-0.2, -0.15) is 0 Å². The Balaban J connectivity index is 1.96. The molecule has 1 unspecified atom stereocenters. The monoisotopic (exact) mass is 250 g/mol. The van der Waals surface area contributed by atoms with E-state index in [1.807, 2.05) is 0 Å². The van der Waals surface area contributed by atoms with E-state index in [0.717, 1.165) is 12.8 Å². The molecule has 6 heteroatoms. The first-order chi connectivity index (χ1) is 8.66. The highest BCUT2D eigenvalue weighted by atomic mass is 16.5. The smallest absolute Gasteiger partial charge is 0.354 e. The second kappa shape index (κ2) is 5.59. The minimum atomic E-state index is -1.09. The Morgan fingerprint density at radius 2 is 2.22 bits per heavy atom. The van der Waals surface area contributed by atoms with Gasteiger partial charge in [0, 0.05) is 6.61 Å².